The minimum atomic E-state index is 0.582. The van der Waals surface area contributed by atoms with Gasteiger partial charge in [-0.05, 0) is 33.6 Å². The molecule has 5 heteroatoms. The third-order valence-electron chi connectivity index (χ3n) is 1.92. The quantitative estimate of drug-likeness (QED) is 0.918. The van der Waals surface area contributed by atoms with Crippen LogP contribution in [0.3, 0.4) is 0 Å². The fourth-order valence-corrected chi connectivity index (χ4v) is 2.95. The molecule has 0 aliphatic heterocycles. The summed E-state index contributed by atoms with van der Waals surface area (Å²) in [5.41, 5.74) is 6.77. The van der Waals surface area contributed by atoms with Crippen LogP contribution in [0.15, 0.2) is 28.9 Å². The molecule has 1 heterocycles. The van der Waals surface area contributed by atoms with Crippen molar-refractivity contribution in [3.8, 4) is 0 Å². The second kappa shape index (κ2) is 4.51. The van der Waals surface area contributed by atoms with Crippen molar-refractivity contribution in [3.63, 3.8) is 0 Å². The molecule has 2 nitrogen and oxygen atoms in total. The molecule has 0 radical (unpaired) electrons. The molecule has 0 spiro atoms. The van der Waals surface area contributed by atoms with Gasteiger partial charge >= 0.3 is 0 Å². The van der Waals surface area contributed by atoms with E-state index in [9.17, 15) is 0 Å². The SMILES string of the molecule is Nc1nc(Br)c(Cc2cccc(Cl)c2)s1. The maximum atomic E-state index is 5.91. The van der Waals surface area contributed by atoms with Gasteiger partial charge in [-0.2, -0.15) is 0 Å². The first-order valence-corrected chi connectivity index (χ1v) is 6.29. The Hall–Kier alpha value is -0.580. The molecule has 2 aromatic rings. The van der Waals surface area contributed by atoms with Crippen LogP contribution in [0.4, 0.5) is 5.13 Å². The van der Waals surface area contributed by atoms with Crippen molar-refractivity contribution in [1.82, 2.24) is 4.98 Å². The highest BCUT2D eigenvalue weighted by Crippen LogP contribution is 2.28. The van der Waals surface area contributed by atoms with Gasteiger partial charge in [-0.15, -0.1) is 11.3 Å². The van der Waals surface area contributed by atoms with E-state index in [1.807, 2.05) is 24.3 Å². The van der Waals surface area contributed by atoms with E-state index in [1.54, 1.807) is 0 Å². The summed E-state index contributed by atoms with van der Waals surface area (Å²) in [4.78, 5) is 5.23. The van der Waals surface area contributed by atoms with E-state index in [1.165, 1.54) is 11.3 Å². The molecular formula is C10H8BrClN2S. The molecule has 0 bridgehead atoms. The van der Waals surface area contributed by atoms with Gasteiger partial charge in [-0.25, -0.2) is 4.98 Å². The molecule has 0 saturated heterocycles. The Morgan fingerprint density at radius 2 is 2.27 bits per heavy atom. The first-order valence-electron chi connectivity index (χ1n) is 4.30. The van der Waals surface area contributed by atoms with Crippen LogP contribution in [-0.4, -0.2) is 4.98 Å². The number of thiazole rings is 1. The van der Waals surface area contributed by atoms with Gasteiger partial charge in [0.05, 0.1) is 0 Å². The first kappa shape index (κ1) is 10.9. The second-order valence-corrected chi connectivity index (χ2v) is 5.38. The summed E-state index contributed by atoms with van der Waals surface area (Å²) in [7, 11) is 0. The fraction of sp³-hybridized carbons (Fsp3) is 0.100. The topological polar surface area (TPSA) is 38.9 Å². The molecule has 15 heavy (non-hydrogen) atoms. The minimum absolute atomic E-state index is 0.582. The number of nitrogen functional groups attached to an aromatic ring is 1. The molecule has 0 unspecified atom stereocenters. The molecule has 0 atom stereocenters. The predicted octanol–water partition coefficient (Wildman–Crippen LogP) is 3.73. The average Bonchev–Trinajstić information content (AvgIpc) is 2.45. The fourth-order valence-electron chi connectivity index (χ4n) is 1.29. The predicted molar refractivity (Wildman–Crippen MR) is 68.5 cm³/mol. The van der Waals surface area contributed by atoms with Gasteiger partial charge in [-0.3, -0.25) is 0 Å². The third-order valence-corrected chi connectivity index (χ3v) is 3.96. The number of halogens is 2. The molecule has 78 valence electrons. The zero-order chi connectivity index (χ0) is 10.8. The highest BCUT2D eigenvalue weighted by atomic mass is 79.9. The normalized spacial score (nSPS) is 10.5. The summed E-state index contributed by atoms with van der Waals surface area (Å²) < 4.78 is 0.824. The Morgan fingerprint density at radius 3 is 2.87 bits per heavy atom. The summed E-state index contributed by atoms with van der Waals surface area (Å²) in [6, 6.07) is 7.79. The minimum Gasteiger partial charge on any atom is -0.375 e. The third kappa shape index (κ3) is 2.71. The van der Waals surface area contributed by atoms with Crippen molar-refractivity contribution in [3.05, 3.63) is 44.3 Å². The average molecular weight is 304 g/mol. The summed E-state index contributed by atoms with van der Waals surface area (Å²) >= 11 is 10.8. The summed E-state index contributed by atoms with van der Waals surface area (Å²) in [5.74, 6) is 0. The summed E-state index contributed by atoms with van der Waals surface area (Å²) in [5, 5.41) is 1.33. The molecular weight excluding hydrogens is 296 g/mol. The van der Waals surface area contributed by atoms with Gasteiger partial charge in [0.1, 0.15) is 4.60 Å². The smallest absolute Gasteiger partial charge is 0.181 e. The number of benzene rings is 1. The Morgan fingerprint density at radius 1 is 1.47 bits per heavy atom. The van der Waals surface area contributed by atoms with Crippen LogP contribution in [0.2, 0.25) is 5.02 Å². The van der Waals surface area contributed by atoms with Crippen LogP contribution >= 0.6 is 38.9 Å². The van der Waals surface area contributed by atoms with E-state index in [0.717, 1.165) is 26.5 Å². The Labute approximate surface area is 105 Å². The highest BCUT2D eigenvalue weighted by Gasteiger charge is 2.07. The second-order valence-electron chi connectivity index (χ2n) is 3.07. The number of hydrogen-bond acceptors (Lipinski definition) is 3. The van der Waals surface area contributed by atoms with Crippen molar-refractivity contribution < 1.29 is 0 Å². The van der Waals surface area contributed by atoms with E-state index < -0.39 is 0 Å². The first-order chi connectivity index (χ1) is 7.15. The number of aromatic nitrogens is 1. The Kier molecular flexibility index (Phi) is 3.29. The van der Waals surface area contributed by atoms with Gasteiger partial charge in [0, 0.05) is 16.3 Å². The summed E-state index contributed by atoms with van der Waals surface area (Å²) in [6.45, 7) is 0. The molecule has 2 rings (SSSR count). The van der Waals surface area contributed by atoms with Crippen molar-refractivity contribution >= 4 is 44.0 Å². The maximum absolute atomic E-state index is 5.91. The number of nitrogens with two attached hydrogens (primary N) is 1. The molecule has 0 amide bonds. The lowest BCUT2D eigenvalue weighted by Gasteiger charge is -1.99. The monoisotopic (exact) mass is 302 g/mol. The molecule has 0 aliphatic carbocycles. The van der Waals surface area contributed by atoms with Crippen LogP contribution in [-0.2, 0) is 6.42 Å². The van der Waals surface area contributed by atoms with Crippen LogP contribution in [0.5, 0.6) is 0 Å². The van der Waals surface area contributed by atoms with E-state index >= 15 is 0 Å². The number of rotatable bonds is 2. The van der Waals surface area contributed by atoms with Crippen molar-refractivity contribution in [1.29, 1.82) is 0 Å². The lowest BCUT2D eigenvalue weighted by atomic mass is 10.1. The molecule has 1 aromatic carbocycles. The van der Waals surface area contributed by atoms with E-state index in [4.69, 9.17) is 17.3 Å². The Balaban J connectivity index is 2.25. The van der Waals surface area contributed by atoms with Crippen molar-refractivity contribution in [2.45, 2.75) is 6.42 Å². The highest BCUT2D eigenvalue weighted by molar-refractivity contribution is 9.10. The summed E-state index contributed by atoms with van der Waals surface area (Å²) in [6.07, 6.45) is 0.802. The van der Waals surface area contributed by atoms with Crippen LogP contribution in [0.25, 0.3) is 0 Å². The molecule has 0 aliphatic rings. The molecule has 0 fully saturated rings. The molecule has 1 aromatic heterocycles. The van der Waals surface area contributed by atoms with E-state index in [0.29, 0.717) is 5.13 Å². The lowest BCUT2D eigenvalue weighted by Crippen LogP contribution is -1.85. The van der Waals surface area contributed by atoms with Gasteiger partial charge in [0.15, 0.2) is 5.13 Å². The molecule has 2 N–H and O–H groups in total. The van der Waals surface area contributed by atoms with Crippen molar-refractivity contribution in [2.75, 3.05) is 5.73 Å². The van der Waals surface area contributed by atoms with Crippen LogP contribution < -0.4 is 5.73 Å². The van der Waals surface area contributed by atoms with Crippen LogP contribution in [0.1, 0.15) is 10.4 Å². The van der Waals surface area contributed by atoms with Crippen molar-refractivity contribution in [2.24, 2.45) is 0 Å². The standard InChI is InChI=1S/C10H8BrClN2S/c11-9-8(15-10(13)14-9)5-6-2-1-3-7(12)4-6/h1-4H,5H2,(H2,13,14). The molecule has 0 saturated carbocycles. The van der Waals surface area contributed by atoms with E-state index in [2.05, 4.69) is 20.9 Å². The zero-order valence-corrected chi connectivity index (χ0v) is 10.9. The van der Waals surface area contributed by atoms with Gasteiger partial charge < -0.3 is 5.73 Å². The maximum Gasteiger partial charge on any atom is 0.181 e. The lowest BCUT2D eigenvalue weighted by molar-refractivity contribution is 1.19. The van der Waals surface area contributed by atoms with Gasteiger partial charge in [-0.1, -0.05) is 23.7 Å². The van der Waals surface area contributed by atoms with E-state index in [-0.39, 0.29) is 0 Å². The Bertz CT molecular complexity index is 484. The van der Waals surface area contributed by atoms with Crippen LogP contribution in [0, 0.1) is 0 Å². The number of hydrogen-bond donors (Lipinski definition) is 1. The van der Waals surface area contributed by atoms with Gasteiger partial charge in [0.25, 0.3) is 0 Å². The largest absolute Gasteiger partial charge is 0.375 e. The van der Waals surface area contributed by atoms with Gasteiger partial charge in [0.2, 0.25) is 0 Å². The number of anilines is 1. The number of nitrogens with zero attached hydrogens (tertiary/aromatic N) is 1. The zero-order valence-electron chi connectivity index (χ0n) is 7.71.